The summed E-state index contributed by atoms with van der Waals surface area (Å²) in [7, 11) is 1.74. The van der Waals surface area contributed by atoms with Crippen LogP contribution in [-0.4, -0.2) is 32.3 Å². The molecule has 2 amide bonds. The van der Waals surface area contributed by atoms with E-state index in [4.69, 9.17) is 9.47 Å². The fraction of sp³-hybridized carbons (Fsp3) is 0.214. The Bertz CT molecular complexity index is 1150. The molecule has 3 aromatic carbocycles. The number of benzene rings is 3. The summed E-state index contributed by atoms with van der Waals surface area (Å²) in [5.74, 6) is -0.298. The van der Waals surface area contributed by atoms with Crippen LogP contribution in [0.25, 0.3) is 17.2 Å². The Balaban J connectivity index is 1.75. The fourth-order valence-corrected chi connectivity index (χ4v) is 3.30. The van der Waals surface area contributed by atoms with E-state index in [0.717, 1.165) is 33.6 Å². The van der Waals surface area contributed by atoms with Gasteiger partial charge < -0.3 is 14.8 Å². The van der Waals surface area contributed by atoms with Crippen LogP contribution >= 0.6 is 0 Å². The number of carbonyl (C=O) groups excluding carboxylic acids is 2. The average molecular weight is 459 g/mol. The molecule has 0 bridgehead atoms. The van der Waals surface area contributed by atoms with E-state index in [2.05, 4.69) is 5.32 Å². The molecule has 0 spiro atoms. The second-order valence-electron chi connectivity index (χ2n) is 7.69. The van der Waals surface area contributed by atoms with Crippen molar-refractivity contribution < 1.29 is 19.1 Å². The number of esters is 1. The molecule has 0 aromatic heterocycles. The van der Waals surface area contributed by atoms with Crippen molar-refractivity contribution in [2.75, 3.05) is 30.5 Å². The minimum Gasteiger partial charge on any atom is -0.487 e. The number of hydrogen-bond acceptors (Lipinski definition) is 4. The number of hydrogen-bond donors (Lipinski definition) is 1. The molecule has 0 radical (unpaired) electrons. The van der Waals surface area contributed by atoms with Gasteiger partial charge in [-0.25, -0.2) is 9.59 Å². The molecule has 0 saturated heterocycles. The number of ether oxygens (including phenoxy) is 2. The molecule has 0 aliphatic heterocycles. The van der Waals surface area contributed by atoms with Gasteiger partial charge in [0.2, 0.25) is 5.76 Å². The molecule has 34 heavy (non-hydrogen) atoms. The Kier molecular flexibility index (Phi) is 8.46. The molecule has 1 N–H and O–H groups in total. The van der Waals surface area contributed by atoms with Crippen LogP contribution < -0.4 is 10.2 Å². The Morgan fingerprint density at radius 2 is 1.56 bits per heavy atom. The third-order valence-electron chi connectivity index (χ3n) is 5.16. The van der Waals surface area contributed by atoms with Gasteiger partial charge in [0.25, 0.3) is 0 Å². The van der Waals surface area contributed by atoms with E-state index in [-0.39, 0.29) is 18.4 Å². The number of anilines is 2. The summed E-state index contributed by atoms with van der Waals surface area (Å²) in [6.45, 7) is 6.25. The number of aryl methyl sites for hydroxylation is 1. The van der Waals surface area contributed by atoms with Gasteiger partial charge in [0.05, 0.1) is 13.2 Å². The number of carbonyl (C=O) groups is 2. The molecule has 176 valence electrons. The molecule has 0 fully saturated rings. The van der Waals surface area contributed by atoms with Gasteiger partial charge in [0.15, 0.2) is 0 Å². The lowest BCUT2D eigenvalue weighted by atomic mass is 10.0. The van der Waals surface area contributed by atoms with Gasteiger partial charge in [-0.05, 0) is 67.8 Å². The maximum atomic E-state index is 12.7. The van der Waals surface area contributed by atoms with Crippen LogP contribution in [0.2, 0.25) is 0 Å². The Morgan fingerprint density at radius 3 is 2.21 bits per heavy atom. The number of rotatable bonds is 8. The topological polar surface area (TPSA) is 67.9 Å². The molecule has 3 aromatic rings. The van der Waals surface area contributed by atoms with E-state index in [0.29, 0.717) is 6.61 Å². The molecule has 0 heterocycles. The Hall–Kier alpha value is -4.06. The highest BCUT2D eigenvalue weighted by atomic mass is 16.6. The summed E-state index contributed by atoms with van der Waals surface area (Å²) in [6, 6.07) is 23.0. The lowest BCUT2D eigenvalue weighted by molar-refractivity contribution is -0.142. The molecular formula is C28H30N2O4. The molecule has 6 nitrogen and oxygen atoms in total. The van der Waals surface area contributed by atoms with Crippen molar-refractivity contribution in [2.24, 2.45) is 0 Å². The molecule has 3 rings (SSSR count). The number of urea groups is 1. The molecule has 0 aliphatic carbocycles. The van der Waals surface area contributed by atoms with E-state index in [9.17, 15) is 9.59 Å². The number of nitrogens with zero attached hydrogens (tertiary/aromatic N) is 1. The van der Waals surface area contributed by atoms with E-state index in [1.807, 2.05) is 86.6 Å². The van der Waals surface area contributed by atoms with Crippen LogP contribution in [0.15, 0.2) is 78.6 Å². The summed E-state index contributed by atoms with van der Waals surface area (Å²) in [5, 5.41) is 2.91. The Morgan fingerprint density at radius 1 is 0.882 bits per heavy atom. The molecule has 0 aliphatic rings. The van der Waals surface area contributed by atoms with Crippen molar-refractivity contribution in [1.82, 2.24) is 0 Å². The highest BCUT2D eigenvalue weighted by Crippen LogP contribution is 2.26. The largest absolute Gasteiger partial charge is 0.487 e. The SMILES string of the molecule is CCOC(=O)/C(=C/c1ccc(-c2cccc(N(C)C(=O)Nc3ccc(C)cc3)c2)cc1)OCC. The van der Waals surface area contributed by atoms with Gasteiger partial charge in [0, 0.05) is 18.4 Å². The van der Waals surface area contributed by atoms with Crippen molar-refractivity contribution in [3.05, 3.63) is 89.7 Å². The van der Waals surface area contributed by atoms with Crippen molar-refractivity contribution in [3.8, 4) is 11.1 Å². The Labute approximate surface area is 200 Å². The lowest BCUT2D eigenvalue weighted by Gasteiger charge is -2.19. The van der Waals surface area contributed by atoms with Crippen molar-refractivity contribution in [1.29, 1.82) is 0 Å². The van der Waals surface area contributed by atoms with Crippen LogP contribution in [0.5, 0.6) is 0 Å². The average Bonchev–Trinajstić information content (AvgIpc) is 2.85. The lowest BCUT2D eigenvalue weighted by Crippen LogP contribution is -2.31. The van der Waals surface area contributed by atoms with Crippen LogP contribution in [-0.2, 0) is 14.3 Å². The predicted molar refractivity (Wildman–Crippen MR) is 137 cm³/mol. The van der Waals surface area contributed by atoms with Gasteiger partial charge in [-0.3, -0.25) is 4.90 Å². The zero-order chi connectivity index (χ0) is 24.5. The van der Waals surface area contributed by atoms with E-state index in [1.54, 1.807) is 24.9 Å². The van der Waals surface area contributed by atoms with Crippen molar-refractivity contribution in [3.63, 3.8) is 0 Å². The molecule has 0 atom stereocenters. The molecule has 6 heteroatoms. The number of amides is 2. The van der Waals surface area contributed by atoms with Gasteiger partial charge >= 0.3 is 12.0 Å². The zero-order valence-corrected chi connectivity index (χ0v) is 20.0. The van der Waals surface area contributed by atoms with Crippen LogP contribution in [0.4, 0.5) is 16.2 Å². The monoisotopic (exact) mass is 458 g/mol. The summed E-state index contributed by atoms with van der Waals surface area (Å²) in [6.07, 6.45) is 1.67. The highest BCUT2D eigenvalue weighted by molar-refractivity contribution is 6.01. The van der Waals surface area contributed by atoms with Gasteiger partial charge in [0.1, 0.15) is 0 Å². The summed E-state index contributed by atoms with van der Waals surface area (Å²) in [5.41, 5.74) is 5.43. The molecule has 0 saturated carbocycles. The highest BCUT2D eigenvalue weighted by Gasteiger charge is 2.13. The zero-order valence-electron chi connectivity index (χ0n) is 20.0. The smallest absolute Gasteiger partial charge is 0.373 e. The van der Waals surface area contributed by atoms with Gasteiger partial charge in [-0.1, -0.05) is 54.1 Å². The first-order valence-corrected chi connectivity index (χ1v) is 11.2. The maximum absolute atomic E-state index is 12.7. The van der Waals surface area contributed by atoms with Crippen molar-refractivity contribution in [2.45, 2.75) is 20.8 Å². The minimum atomic E-state index is -0.479. The number of nitrogens with one attached hydrogen (secondary N) is 1. The van der Waals surface area contributed by atoms with E-state index in [1.165, 1.54) is 0 Å². The standard InChI is InChI=1S/C28H30N2O4/c1-5-33-26(27(31)34-6-2)18-21-12-14-22(15-13-21)23-8-7-9-25(19-23)30(4)28(32)29-24-16-10-20(3)11-17-24/h7-19H,5-6H2,1-4H3,(H,29,32)/b26-18-. The third-order valence-corrected chi connectivity index (χ3v) is 5.16. The van der Waals surface area contributed by atoms with Gasteiger partial charge in [-0.2, -0.15) is 0 Å². The maximum Gasteiger partial charge on any atom is 0.373 e. The third kappa shape index (κ3) is 6.48. The van der Waals surface area contributed by atoms with Gasteiger partial charge in [-0.15, -0.1) is 0 Å². The van der Waals surface area contributed by atoms with Crippen LogP contribution in [0, 0.1) is 6.92 Å². The predicted octanol–water partition coefficient (Wildman–Crippen LogP) is 6.27. The first-order chi connectivity index (χ1) is 16.4. The minimum absolute atomic E-state index is 0.181. The first kappa shape index (κ1) is 24.6. The molecular weight excluding hydrogens is 428 g/mol. The summed E-state index contributed by atoms with van der Waals surface area (Å²) < 4.78 is 10.5. The molecule has 0 unspecified atom stereocenters. The van der Waals surface area contributed by atoms with Crippen LogP contribution in [0.3, 0.4) is 0 Å². The summed E-state index contributed by atoms with van der Waals surface area (Å²) in [4.78, 5) is 26.3. The quantitative estimate of drug-likeness (QED) is 0.245. The summed E-state index contributed by atoms with van der Waals surface area (Å²) >= 11 is 0. The van der Waals surface area contributed by atoms with E-state index < -0.39 is 5.97 Å². The fourth-order valence-electron chi connectivity index (χ4n) is 3.30. The normalized spacial score (nSPS) is 11.0. The second-order valence-corrected chi connectivity index (χ2v) is 7.69. The van der Waals surface area contributed by atoms with E-state index >= 15 is 0 Å². The van der Waals surface area contributed by atoms with Crippen molar-refractivity contribution >= 4 is 29.5 Å². The van der Waals surface area contributed by atoms with Crippen LogP contribution in [0.1, 0.15) is 25.0 Å². The second kappa shape index (κ2) is 11.7. The first-order valence-electron chi connectivity index (χ1n) is 11.2.